The first kappa shape index (κ1) is 14.6. The summed E-state index contributed by atoms with van der Waals surface area (Å²) < 4.78 is 38.9. The van der Waals surface area contributed by atoms with Gasteiger partial charge in [-0.25, -0.2) is 4.98 Å². The highest BCUT2D eigenvalue weighted by molar-refractivity contribution is 5.74. The number of nitrogens with zero attached hydrogens (tertiary/aromatic N) is 2. The minimum atomic E-state index is -4.43. The lowest BCUT2D eigenvalue weighted by Crippen LogP contribution is -2.38. The Morgan fingerprint density at radius 3 is 2.90 bits per heavy atom. The fourth-order valence-electron chi connectivity index (χ4n) is 2.58. The van der Waals surface area contributed by atoms with Crippen LogP contribution in [0.2, 0.25) is 0 Å². The van der Waals surface area contributed by atoms with E-state index in [0.717, 1.165) is 18.9 Å². The van der Waals surface area contributed by atoms with Crippen LogP contribution in [0.5, 0.6) is 0 Å². The van der Waals surface area contributed by atoms with Crippen molar-refractivity contribution in [2.24, 2.45) is 11.7 Å². The second-order valence-electron chi connectivity index (χ2n) is 5.00. The van der Waals surface area contributed by atoms with Crippen LogP contribution in [0, 0.1) is 5.92 Å². The van der Waals surface area contributed by atoms with Gasteiger partial charge in [-0.05, 0) is 30.9 Å². The van der Waals surface area contributed by atoms with Crippen molar-refractivity contribution in [3.63, 3.8) is 0 Å². The first-order valence-corrected chi connectivity index (χ1v) is 6.43. The van der Waals surface area contributed by atoms with Gasteiger partial charge in [-0.1, -0.05) is 0 Å². The van der Waals surface area contributed by atoms with E-state index in [4.69, 9.17) is 5.73 Å². The zero-order valence-corrected chi connectivity index (χ0v) is 10.9. The Balaban J connectivity index is 2.21. The molecule has 0 spiro atoms. The Morgan fingerprint density at radius 1 is 1.50 bits per heavy atom. The van der Waals surface area contributed by atoms with Crippen molar-refractivity contribution in [3.05, 3.63) is 23.9 Å². The first-order chi connectivity index (χ1) is 9.38. The largest absolute Gasteiger partial charge is 0.419 e. The van der Waals surface area contributed by atoms with Crippen molar-refractivity contribution in [2.75, 3.05) is 18.0 Å². The fourth-order valence-corrected chi connectivity index (χ4v) is 2.58. The molecule has 1 unspecified atom stereocenters. The molecule has 1 amide bonds. The summed E-state index contributed by atoms with van der Waals surface area (Å²) in [4.78, 5) is 16.4. The van der Waals surface area contributed by atoms with E-state index in [1.54, 1.807) is 4.90 Å². The number of pyridine rings is 1. The Bertz CT molecular complexity index is 490. The van der Waals surface area contributed by atoms with Crippen LogP contribution in [0.15, 0.2) is 18.3 Å². The van der Waals surface area contributed by atoms with Gasteiger partial charge in [0.2, 0.25) is 5.91 Å². The molecule has 1 atom stereocenters. The van der Waals surface area contributed by atoms with Gasteiger partial charge in [0, 0.05) is 25.7 Å². The van der Waals surface area contributed by atoms with Crippen LogP contribution in [-0.2, 0) is 11.0 Å². The quantitative estimate of drug-likeness (QED) is 0.927. The summed E-state index contributed by atoms with van der Waals surface area (Å²) in [5.41, 5.74) is 4.42. The number of halogens is 3. The standard InChI is InChI=1S/C13H16F3N3O/c14-13(15,16)10-4-1-5-18-12(10)19-6-2-3-9(8-19)7-11(17)20/h1,4-5,9H,2-3,6-8H2,(H2,17,20). The number of nitrogens with two attached hydrogens (primary N) is 1. The third-order valence-corrected chi connectivity index (χ3v) is 3.40. The van der Waals surface area contributed by atoms with E-state index >= 15 is 0 Å². The van der Waals surface area contributed by atoms with E-state index in [2.05, 4.69) is 4.98 Å². The van der Waals surface area contributed by atoms with Gasteiger partial charge in [0.1, 0.15) is 5.82 Å². The Labute approximate surface area is 114 Å². The van der Waals surface area contributed by atoms with Crippen molar-refractivity contribution in [1.29, 1.82) is 0 Å². The molecule has 2 rings (SSSR count). The predicted octanol–water partition coefficient (Wildman–Crippen LogP) is 2.19. The summed E-state index contributed by atoms with van der Waals surface area (Å²) in [5, 5.41) is 0. The molecular formula is C13H16F3N3O. The number of amides is 1. The molecule has 20 heavy (non-hydrogen) atoms. The van der Waals surface area contributed by atoms with Crippen LogP contribution >= 0.6 is 0 Å². The second-order valence-corrected chi connectivity index (χ2v) is 5.00. The predicted molar refractivity (Wildman–Crippen MR) is 68.0 cm³/mol. The number of aromatic nitrogens is 1. The normalized spacial score (nSPS) is 19.9. The maximum absolute atomic E-state index is 13.0. The van der Waals surface area contributed by atoms with Gasteiger partial charge >= 0.3 is 6.18 Å². The number of piperidine rings is 1. The molecule has 0 aliphatic carbocycles. The van der Waals surface area contributed by atoms with Gasteiger partial charge < -0.3 is 10.6 Å². The van der Waals surface area contributed by atoms with Crippen molar-refractivity contribution in [2.45, 2.75) is 25.4 Å². The van der Waals surface area contributed by atoms with Crippen LogP contribution in [0.3, 0.4) is 0 Å². The van der Waals surface area contributed by atoms with Gasteiger partial charge in [-0.15, -0.1) is 0 Å². The molecule has 1 fully saturated rings. The topological polar surface area (TPSA) is 59.2 Å². The summed E-state index contributed by atoms with van der Waals surface area (Å²) in [6.07, 6.45) is -1.35. The number of hydrogen-bond donors (Lipinski definition) is 1. The average Bonchev–Trinajstić information content (AvgIpc) is 2.37. The third kappa shape index (κ3) is 3.40. The lowest BCUT2D eigenvalue weighted by atomic mass is 9.94. The van der Waals surface area contributed by atoms with E-state index in [0.29, 0.717) is 13.1 Å². The molecule has 0 saturated carbocycles. The highest BCUT2D eigenvalue weighted by Crippen LogP contribution is 2.36. The molecule has 0 radical (unpaired) electrons. The number of alkyl halides is 3. The third-order valence-electron chi connectivity index (χ3n) is 3.40. The molecule has 1 aromatic rings. The van der Waals surface area contributed by atoms with Crippen LogP contribution < -0.4 is 10.6 Å². The summed E-state index contributed by atoms with van der Waals surface area (Å²) in [7, 11) is 0. The highest BCUT2D eigenvalue weighted by Gasteiger charge is 2.36. The van der Waals surface area contributed by atoms with E-state index in [-0.39, 0.29) is 18.2 Å². The molecule has 1 aliphatic rings. The van der Waals surface area contributed by atoms with Crippen molar-refractivity contribution in [3.8, 4) is 0 Å². The summed E-state index contributed by atoms with van der Waals surface area (Å²) in [6, 6.07) is 2.30. The van der Waals surface area contributed by atoms with Crippen LogP contribution in [0.25, 0.3) is 0 Å². The SMILES string of the molecule is NC(=O)CC1CCCN(c2ncccc2C(F)(F)F)C1. The van der Waals surface area contributed by atoms with Gasteiger partial charge in [0.05, 0.1) is 5.56 Å². The monoisotopic (exact) mass is 287 g/mol. The van der Waals surface area contributed by atoms with E-state index in [9.17, 15) is 18.0 Å². The van der Waals surface area contributed by atoms with Gasteiger partial charge in [0.25, 0.3) is 0 Å². The Hall–Kier alpha value is -1.79. The molecule has 1 aromatic heterocycles. The average molecular weight is 287 g/mol. The minimum Gasteiger partial charge on any atom is -0.370 e. The van der Waals surface area contributed by atoms with Crippen LogP contribution in [0.1, 0.15) is 24.8 Å². The maximum Gasteiger partial charge on any atom is 0.419 e. The van der Waals surface area contributed by atoms with Crippen LogP contribution in [-0.4, -0.2) is 24.0 Å². The van der Waals surface area contributed by atoms with Gasteiger partial charge in [-0.3, -0.25) is 4.79 Å². The maximum atomic E-state index is 13.0. The molecule has 0 aromatic carbocycles. The molecule has 1 aliphatic heterocycles. The van der Waals surface area contributed by atoms with Crippen molar-refractivity contribution in [1.82, 2.24) is 4.98 Å². The Kier molecular flexibility index (Phi) is 4.15. The highest BCUT2D eigenvalue weighted by atomic mass is 19.4. The zero-order chi connectivity index (χ0) is 14.8. The minimum absolute atomic E-state index is 0.00987. The number of rotatable bonds is 3. The first-order valence-electron chi connectivity index (χ1n) is 6.43. The molecule has 7 heteroatoms. The molecule has 2 heterocycles. The van der Waals surface area contributed by atoms with Gasteiger partial charge in [0.15, 0.2) is 0 Å². The fraction of sp³-hybridized carbons (Fsp3) is 0.538. The number of anilines is 1. The summed E-state index contributed by atoms with van der Waals surface area (Å²) in [5.74, 6) is -0.493. The van der Waals surface area contributed by atoms with E-state index in [1.165, 1.54) is 12.3 Å². The molecule has 4 nitrogen and oxygen atoms in total. The Morgan fingerprint density at radius 2 is 2.25 bits per heavy atom. The van der Waals surface area contributed by atoms with Crippen LogP contribution in [0.4, 0.5) is 19.0 Å². The van der Waals surface area contributed by atoms with Crippen molar-refractivity contribution >= 4 is 11.7 Å². The summed E-state index contributed by atoms with van der Waals surface area (Å²) in [6.45, 7) is 0.887. The lowest BCUT2D eigenvalue weighted by Gasteiger charge is -2.34. The molecule has 110 valence electrons. The summed E-state index contributed by atoms with van der Waals surface area (Å²) >= 11 is 0. The number of carbonyl (C=O) groups excluding carboxylic acids is 1. The zero-order valence-electron chi connectivity index (χ0n) is 10.9. The number of primary amides is 1. The van der Waals surface area contributed by atoms with Crippen molar-refractivity contribution < 1.29 is 18.0 Å². The smallest absolute Gasteiger partial charge is 0.370 e. The van der Waals surface area contributed by atoms with E-state index < -0.39 is 17.6 Å². The number of hydrogen-bond acceptors (Lipinski definition) is 3. The molecular weight excluding hydrogens is 271 g/mol. The molecule has 1 saturated heterocycles. The second kappa shape index (κ2) is 5.68. The lowest BCUT2D eigenvalue weighted by molar-refractivity contribution is -0.137. The van der Waals surface area contributed by atoms with Gasteiger partial charge in [-0.2, -0.15) is 13.2 Å². The van der Waals surface area contributed by atoms with E-state index in [1.807, 2.05) is 0 Å². The molecule has 2 N–H and O–H groups in total. The molecule has 0 bridgehead atoms. The number of carbonyl (C=O) groups is 1.